The van der Waals surface area contributed by atoms with Crippen LogP contribution in [0.5, 0.6) is 11.5 Å². The summed E-state index contributed by atoms with van der Waals surface area (Å²) in [5.74, 6) is 0.276. The van der Waals surface area contributed by atoms with E-state index in [1.54, 1.807) is 23.1 Å². The molecule has 0 bridgehead atoms. The fourth-order valence-corrected chi connectivity index (χ4v) is 4.28. The molecule has 2 aliphatic rings. The van der Waals surface area contributed by atoms with Crippen molar-refractivity contribution in [3.8, 4) is 11.5 Å². The summed E-state index contributed by atoms with van der Waals surface area (Å²) in [6.07, 6.45) is 5.41. The number of rotatable bonds is 4. The van der Waals surface area contributed by atoms with Crippen molar-refractivity contribution in [1.82, 2.24) is 9.88 Å². The second kappa shape index (κ2) is 8.18. The molecule has 1 aromatic heterocycles. The number of anilines is 1. The first-order valence-corrected chi connectivity index (χ1v) is 10.4. The van der Waals surface area contributed by atoms with Crippen LogP contribution in [0.2, 0.25) is 0 Å². The van der Waals surface area contributed by atoms with E-state index >= 15 is 0 Å². The van der Waals surface area contributed by atoms with Gasteiger partial charge >= 0.3 is 0 Å². The molecule has 2 atom stereocenters. The number of aromatic hydroxyl groups is 1. The lowest BCUT2D eigenvalue weighted by molar-refractivity contribution is 0.0525. The first kappa shape index (κ1) is 19.3. The molecule has 1 fully saturated rings. The summed E-state index contributed by atoms with van der Waals surface area (Å²) in [5, 5.41) is 9.99. The van der Waals surface area contributed by atoms with Crippen LogP contribution in [0, 0.1) is 0 Å². The Labute approximate surface area is 171 Å². The van der Waals surface area contributed by atoms with E-state index in [0.29, 0.717) is 23.5 Å². The maximum atomic E-state index is 13.0. The Morgan fingerprint density at radius 1 is 1.41 bits per heavy atom. The molecule has 0 spiro atoms. The second-order valence-corrected chi connectivity index (χ2v) is 7.74. The van der Waals surface area contributed by atoms with Crippen LogP contribution in [0.1, 0.15) is 35.2 Å². The topological polar surface area (TPSA) is 136 Å². The summed E-state index contributed by atoms with van der Waals surface area (Å²) >= 11 is -1.61. The Balaban J connectivity index is 1.52. The van der Waals surface area contributed by atoms with Crippen LogP contribution in [-0.4, -0.2) is 50.5 Å². The van der Waals surface area contributed by atoms with Gasteiger partial charge < -0.3 is 25.0 Å². The Morgan fingerprint density at radius 3 is 3.10 bits per heavy atom. The molecule has 1 amide bonds. The number of hydrogen-bond donors (Lipinski definition) is 3. The van der Waals surface area contributed by atoms with E-state index in [1.165, 1.54) is 18.5 Å². The van der Waals surface area contributed by atoms with E-state index in [-0.39, 0.29) is 35.7 Å². The van der Waals surface area contributed by atoms with Gasteiger partial charge in [0.05, 0.1) is 29.1 Å². The fraction of sp³-hybridized carbons (Fsp3) is 0.316. The lowest BCUT2D eigenvalue weighted by Gasteiger charge is -2.36. The monoisotopic (exact) mass is 415 g/mol. The van der Waals surface area contributed by atoms with Crippen LogP contribution >= 0.6 is 0 Å². The minimum absolute atomic E-state index is 0.136. The first-order chi connectivity index (χ1) is 14.0. The number of carbonyl (C=O) groups excluding carboxylic acids is 1. The van der Waals surface area contributed by atoms with E-state index in [0.717, 1.165) is 19.3 Å². The van der Waals surface area contributed by atoms with E-state index in [1.807, 2.05) is 0 Å². The third-order valence-electron chi connectivity index (χ3n) is 5.01. The van der Waals surface area contributed by atoms with Gasteiger partial charge in [-0.15, -0.1) is 0 Å². The number of benzene rings is 1. The number of likely N-dealkylation sites (tertiary alicyclic amines) is 1. The highest BCUT2D eigenvalue weighted by Crippen LogP contribution is 2.31. The number of fused-ring (bicyclic) bond motifs is 1. The predicted octanol–water partition coefficient (Wildman–Crippen LogP) is 1.57. The molecule has 1 saturated heterocycles. The third-order valence-corrected chi connectivity index (χ3v) is 5.77. The minimum atomic E-state index is -1.61. The van der Waals surface area contributed by atoms with Crippen LogP contribution in [0.25, 0.3) is 0 Å². The Hall–Kier alpha value is -2.98. The lowest BCUT2D eigenvalue weighted by Crippen LogP contribution is -2.46. The van der Waals surface area contributed by atoms with Crippen LogP contribution in [0.4, 0.5) is 5.69 Å². The smallest absolute Gasteiger partial charge is 0.258 e. The molecule has 2 aromatic rings. The molecule has 0 radical (unpaired) electrons. The number of nitrogens with zero attached hydrogens (tertiary/aromatic N) is 3. The quantitative estimate of drug-likeness (QED) is 0.645. The zero-order chi connectivity index (χ0) is 20.4. The number of hydrogen-bond acceptors (Lipinski definition) is 8. The SMILES string of the molecule is NC1=N[S+]([O-])Nc2cccc(OCC3CCCCN3C(=O)c3ccncc3O)c21. The number of nitrogens with two attached hydrogens (primary N) is 1. The molecule has 4 N–H and O–H groups in total. The van der Waals surface area contributed by atoms with Crippen molar-refractivity contribution in [2.75, 3.05) is 17.9 Å². The van der Waals surface area contributed by atoms with Crippen molar-refractivity contribution in [1.29, 1.82) is 0 Å². The molecule has 10 heteroatoms. The summed E-state index contributed by atoms with van der Waals surface area (Å²) in [7, 11) is 0. The number of pyridine rings is 1. The average molecular weight is 415 g/mol. The van der Waals surface area contributed by atoms with Gasteiger partial charge in [-0.2, -0.15) is 4.72 Å². The molecule has 3 heterocycles. The van der Waals surface area contributed by atoms with Gasteiger partial charge in [-0.05, 0) is 41.9 Å². The average Bonchev–Trinajstić information content (AvgIpc) is 2.72. The van der Waals surface area contributed by atoms with Crippen molar-refractivity contribution in [2.45, 2.75) is 25.3 Å². The number of carbonyl (C=O) groups is 1. The molecule has 2 unspecified atom stereocenters. The molecular formula is C19H21N5O4S. The Morgan fingerprint density at radius 2 is 2.28 bits per heavy atom. The number of aromatic nitrogens is 1. The molecule has 9 nitrogen and oxygen atoms in total. The zero-order valence-corrected chi connectivity index (χ0v) is 16.4. The van der Waals surface area contributed by atoms with Gasteiger partial charge in [0.2, 0.25) is 11.5 Å². The lowest BCUT2D eigenvalue weighted by atomic mass is 10.0. The highest BCUT2D eigenvalue weighted by atomic mass is 32.2. The van der Waals surface area contributed by atoms with E-state index in [9.17, 15) is 14.5 Å². The Kier molecular flexibility index (Phi) is 5.45. The van der Waals surface area contributed by atoms with Crippen molar-refractivity contribution in [3.63, 3.8) is 0 Å². The van der Waals surface area contributed by atoms with E-state index < -0.39 is 11.5 Å². The normalized spacial score (nSPS) is 21.0. The molecule has 0 aliphatic carbocycles. The molecule has 4 rings (SSSR count). The molecular weight excluding hydrogens is 394 g/mol. The van der Waals surface area contributed by atoms with Gasteiger partial charge in [-0.3, -0.25) is 9.78 Å². The number of nitrogens with one attached hydrogen (secondary N) is 1. The summed E-state index contributed by atoms with van der Waals surface area (Å²) in [5.41, 5.74) is 7.33. The van der Waals surface area contributed by atoms with Gasteiger partial charge in [-0.1, -0.05) is 6.07 Å². The number of amidine groups is 1. The Bertz CT molecular complexity index is 954. The van der Waals surface area contributed by atoms with Gasteiger partial charge in [0, 0.05) is 12.7 Å². The summed E-state index contributed by atoms with van der Waals surface area (Å²) in [6.45, 7) is 0.857. The van der Waals surface area contributed by atoms with Gasteiger partial charge in [0.15, 0.2) is 5.84 Å². The maximum absolute atomic E-state index is 13.0. The summed E-state index contributed by atoms with van der Waals surface area (Å²) in [6, 6.07) is 6.66. The predicted molar refractivity (Wildman–Crippen MR) is 109 cm³/mol. The second-order valence-electron chi connectivity index (χ2n) is 6.86. The largest absolute Gasteiger partial charge is 0.566 e. The highest BCUT2D eigenvalue weighted by Gasteiger charge is 2.30. The molecule has 29 heavy (non-hydrogen) atoms. The van der Waals surface area contributed by atoms with E-state index in [2.05, 4.69) is 14.1 Å². The van der Waals surface area contributed by atoms with Gasteiger partial charge in [0.25, 0.3) is 5.91 Å². The van der Waals surface area contributed by atoms with Gasteiger partial charge in [-0.25, -0.2) is 0 Å². The van der Waals surface area contributed by atoms with Gasteiger partial charge in [0.1, 0.15) is 18.1 Å². The van der Waals surface area contributed by atoms with Crippen molar-refractivity contribution >= 4 is 29.0 Å². The summed E-state index contributed by atoms with van der Waals surface area (Å²) in [4.78, 5) is 18.5. The number of piperidine rings is 1. The minimum Gasteiger partial charge on any atom is -0.566 e. The van der Waals surface area contributed by atoms with E-state index in [4.69, 9.17) is 10.5 Å². The van der Waals surface area contributed by atoms with Crippen LogP contribution in [-0.2, 0) is 11.5 Å². The van der Waals surface area contributed by atoms with Crippen molar-refractivity contribution in [3.05, 3.63) is 47.8 Å². The maximum Gasteiger partial charge on any atom is 0.258 e. The van der Waals surface area contributed by atoms with Crippen LogP contribution < -0.4 is 15.2 Å². The van der Waals surface area contributed by atoms with Crippen LogP contribution in [0.3, 0.4) is 0 Å². The fourth-order valence-electron chi connectivity index (χ4n) is 3.60. The molecule has 0 saturated carbocycles. The first-order valence-electron chi connectivity index (χ1n) is 9.27. The molecule has 152 valence electrons. The standard InChI is InChI=1S/C19H21N5O4S/c20-18-17-14(22-29(27)23-18)5-3-6-16(17)28-11-12-4-1-2-9-24(12)19(26)13-7-8-21-10-15(13)25/h3,5-8,10,12,22,25H,1-2,4,9,11H2,(H2,20,23). The number of amides is 1. The summed E-state index contributed by atoms with van der Waals surface area (Å²) < 4.78 is 24.3. The zero-order valence-electron chi connectivity index (χ0n) is 15.6. The number of ether oxygens (including phenoxy) is 1. The van der Waals surface area contributed by atoms with Crippen molar-refractivity contribution in [2.24, 2.45) is 10.1 Å². The molecule has 2 aliphatic heterocycles. The third kappa shape index (κ3) is 3.94. The van der Waals surface area contributed by atoms with Crippen LogP contribution in [0.15, 0.2) is 41.1 Å². The molecule has 1 aromatic carbocycles. The highest BCUT2D eigenvalue weighted by molar-refractivity contribution is 7.91. The van der Waals surface area contributed by atoms with Crippen molar-refractivity contribution < 1.29 is 19.2 Å².